The van der Waals surface area contributed by atoms with Crippen LogP contribution >= 0.6 is 11.6 Å². The second kappa shape index (κ2) is 12.9. The first-order chi connectivity index (χ1) is 18.4. The molecule has 1 aromatic carbocycles. The predicted octanol–water partition coefficient (Wildman–Crippen LogP) is 4.58. The molecule has 12 heteroatoms. The number of unbranched alkanes of at least 4 members (excludes halogenated alkanes) is 1. The minimum absolute atomic E-state index is 0.141. The quantitative estimate of drug-likeness (QED) is 0.131. The molecule has 0 aliphatic carbocycles. The van der Waals surface area contributed by atoms with Crippen molar-refractivity contribution in [2.45, 2.75) is 64.7 Å². The van der Waals surface area contributed by atoms with Gasteiger partial charge in [0.05, 0.1) is 30.4 Å². The lowest BCUT2D eigenvalue weighted by atomic mass is 10.0. The van der Waals surface area contributed by atoms with Gasteiger partial charge in [0.2, 0.25) is 5.28 Å². The van der Waals surface area contributed by atoms with Crippen molar-refractivity contribution in [3.05, 3.63) is 63.1 Å². The van der Waals surface area contributed by atoms with Crippen molar-refractivity contribution in [1.29, 1.82) is 0 Å². The van der Waals surface area contributed by atoms with Crippen LogP contribution in [0.25, 0.3) is 0 Å². The standard InChI is InChI=1S/C26H31ClN4O7/c1-3-35-26(33)22-7-6-13-30(22)31(34)29-37-14-5-4-8-23(32)38-24-17(2)28-15-20-21(24)16-36-25(20)18-9-11-19(27)12-10-18/h9-12,15,22,25H,3-8,13-14,16H2,1-2H3/t22-,25-/m0/s1. The summed E-state index contributed by atoms with van der Waals surface area (Å²) < 4.78 is 16.7. The van der Waals surface area contributed by atoms with Crippen LogP contribution in [0.4, 0.5) is 0 Å². The maximum Gasteiger partial charge on any atom is 0.334 e. The summed E-state index contributed by atoms with van der Waals surface area (Å²) in [6.07, 6.45) is 3.80. The SMILES string of the molecule is CCOC(=O)[C@@H]1CCCN1[N+]([O-])=NOCCCCC(=O)Oc1c(C)ncc2c1CO[C@H]2c1ccc(Cl)cc1. The second-order valence-corrected chi connectivity index (χ2v) is 9.46. The third kappa shape index (κ3) is 6.51. The highest BCUT2D eigenvalue weighted by atomic mass is 35.5. The van der Waals surface area contributed by atoms with Crippen LogP contribution in [0.3, 0.4) is 0 Å². The van der Waals surface area contributed by atoms with Crippen LogP contribution in [-0.2, 0) is 30.5 Å². The Balaban J connectivity index is 1.24. The van der Waals surface area contributed by atoms with Crippen LogP contribution in [-0.4, -0.2) is 52.7 Å². The lowest BCUT2D eigenvalue weighted by Crippen LogP contribution is -2.41. The van der Waals surface area contributed by atoms with Gasteiger partial charge in [-0.25, -0.2) is 4.79 Å². The zero-order chi connectivity index (χ0) is 27.1. The summed E-state index contributed by atoms with van der Waals surface area (Å²) in [7, 11) is 0. The molecule has 38 heavy (non-hydrogen) atoms. The van der Waals surface area contributed by atoms with E-state index in [1.165, 1.54) is 5.01 Å². The largest absolute Gasteiger partial charge is 0.569 e. The molecule has 0 N–H and O–H groups in total. The first-order valence-corrected chi connectivity index (χ1v) is 13.1. The summed E-state index contributed by atoms with van der Waals surface area (Å²) in [5.74, 6) is -0.407. The number of rotatable bonds is 11. The molecule has 0 saturated carbocycles. The summed E-state index contributed by atoms with van der Waals surface area (Å²) in [6.45, 7) is 4.60. The molecule has 4 rings (SSSR count). The molecule has 11 nitrogen and oxygen atoms in total. The van der Waals surface area contributed by atoms with E-state index in [0.29, 0.717) is 60.3 Å². The molecule has 1 aromatic heterocycles. The maximum absolute atomic E-state index is 12.5. The number of carbonyl (C=O) groups is 2. The molecular formula is C26H31ClN4O7. The van der Waals surface area contributed by atoms with Gasteiger partial charge in [-0.05, 0) is 57.2 Å². The number of hydrogen-bond donors (Lipinski definition) is 0. The van der Waals surface area contributed by atoms with Crippen LogP contribution < -0.4 is 4.74 Å². The van der Waals surface area contributed by atoms with Crippen molar-refractivity contribution < 1.29 is 33.6 Å². The molecule has 1 fully saturated rings. The Kier molecular flexibility index (Phi) is 9.35. The molecule has 2 aromatic rings. The number of pyridine rings is 1. The monoisotopic (exact) mass is 546 g/mol. The highest BCUT2D eigenvalue weighted by Crippen LogP contribution is 2.41. The normalized spacial score (nSPS) is 18.8. The molecule has 0 radical (unpaired) electrons. The highest BCUT2D eigenvalue weighted by molar-refractivity contribution is 6.30. The predicted molar refractivity (Wildman–Crippen MR) is 135 cm³/mol. The van der Waals surface area contributed by atoms with E-state index in [-0.39, 0.29) is 25.7 Å². The van der Waals surface area contributed by atoms with Crippen LogP contribution in [0.5, 0.6) is 5.75 Å². The summed E-state index contributed by atoms with van der Waals surface area (Å²) in [6, 6.07) is 6.76. The topological polar surface area (TPSA) is 126 Å². The molecule has 2 aliphatic heterocycles. The van der Waals surface area contributed by atoms with Gasteiger partial charge in [0.15, 0.2) is 11.8 Å². The number of fused-ring (bicyclic) bond motifs is 1. The van der Waals surface area contributed by atoms with Gasteiger partial charge in [-0.15, -0.1) is 5.01 Å². The average molecular weight is 547 g/mol. The third-order valence-corrected chi connectivity index (χ3v) is 6.66. The van der Waals surface area contributed by atoms with Gasteiger partial charge in [0.25, 0.3) is 0 Å². The fourth-order valence-corrected chi connectivity index (χ4v) is 4.63. The lowest BCUT2D eigenvalue weighted by molar-refractivity contribution is -0.712. The highest BCUT2D eigenvalue weighted by Gasteiger charge is 2.38. The Morgan fingerprint density at radius 3 is 2.84 bits per heavy atom. The van der Waals surface area contributed by atoms with E-state index in [1.807, 2.05) is 12.1 Å². The molecule has 0 bridgehead atoms. The summed E-state index contributed by atoms with van der Waals surface area (Å²) in [4.78, 5) is 34.3. The van der Waals surface area contributed by atoms with Gasteiger partial charge in [-0.1, -0.05) is 23.7 Å². The van der Waals surface area contributed by atoms with Crippen LogP contribution in [0.2, 0.25) is 5.02 Å². The van der Waals surface area contributed by atoms with Gasteiger partial charge in [-0.2, -0.15) is 0 Å². The number of hydrazine groups is 1. The Hall–Kier alpha value is -3.44. The summed E-state index contributed by atoms with van der Waals surface area (Å²) in [5, 5.41) is 17.7. The smallest absolute Gasteiger partial charge is 0.334 e. The summed E-state index contributed by atoms with van der Waals surface area (Å²) in [5.41, 5.74) is 3.23. The van der Waals surface area contributed by atoms with E-state index >= 15 is 0 Å². The minimum Gasteiger partial charge on any atom is -0.569 e. The molecule has 204 valence electrons. The van der Waals surface area contributed by atoms with E-state index in [4.69, 9.17) is 30.6 Å². The van der Waals surface area contributed by atoms with Gasteiger partial charge < -0.3 is 24.3 Å². The number of ether oxygens (including phenoxy) is 3. The number of nitrogens with zero attached hydrogens (tertiary/aromatic N) is 4. The summed E-state index contributed by atoms with van der Waals surface area (Å²) >= 11 is 6.00. The van der Waals surface area contributed by atoms with Crippen LogP contribution in [0, 0.1) is 12.1 Å². The lowest BCUT2D eigenvalue weighted by Gasteiger charge is -2.18. The number of esters is 2. The van der Waals surface area contributed by atoms with E-state index in [0.717, 1.165) is 16.7 Å². The first-order valence-electron chi connectivity index (χ1n) is 12.7. The minimum atomic E-state index is -0.654. The van der Waals surface area contributed by atoms with Crippen molar-refractivity contribution in [3.63, 3.8) is 0 Å². The molecule has 1 saturated heterocycles. The Morgan fingerprint density at radius 2 is 2.08 bits per heavy atom. The molecular weight excluding hydrogens is 516 g/mol. The Morgan fingerprint density at radius 1 is 1.29 bits per heavy atom. The van der Waals surface area contributed by atoms with Gasteiger partial charge in [0.1, 0.15) is 12.7 Å². The fourth-order valence-electron chi connectivity index (χ4n) is 4.50. The number of halogens is 1. The molecule has 0 amide bonds. The van der Waals surface area contributed by atoms with E-state index < -0.39 is 18.0 Å². The van der Waals surface area contributed by atoms with Crippen molar-refractivity contribution in [2.75, 3.05) is 19.8 Å². The Labute approximate surface area is 225 Å². The number of carbonyl (C=O) groups excluding carboxylic acids is 2. The number of aryl methyl sites for hydroxylation is 1. The van der Waals surface area contributed by atoms with Gasteiger partial charge in [0, 0.05) is 28.8 Å². The fraction of sp³-hybridized carbons (Fsp3) is 0.500. The van der Waals surface area contributed by atoms with Crippen molar-refractivity contribution >= 4 is 23.5 Å². The first kappa shape index (κ1) is 27.6. The zero-order valence-electron chi connectivity index (χ0n) is 21.4. The van der Waals surface area contributed by atoms with Crippen LogP contribution in [0.1, 0.15) is 67.5 Å². The molecule has 2 atom stereocenters. The van der Waals surface area contributed by atoms with E-state index in [1.54, 1.807) is 32.2 Å². The molecule has 2 aliphatic rings. The molecule has 0 spiro atoms. The van der Waals surface area contributed by atoms with E-state index in [2.05, 4.69) is 10.3 Å². The van der Waals surface area contributed by atoms with Crippen LogP contribution in [0.15, 0.2) is 35.7 Å². The van der Waals surface area contributed by atoms with Crippen molar-refractivity contribution in [2.24, 2.45) is 5.28 Å². The van der Waals surface area contributed by atoms with Crippen molar-refractivity contribution in [1.82, 2.24) is 9.99 Å². The maximum atomic E-state index is 12.5. The van der Waals surface area contributed by atoms with E-state index in [9.17, 15) is 14.8 Å². The zero-order valence-corrected chi connectivity index (χ0v) is 22.2. The second-order valence-electron chi connectivity index (χ2n) is 9.02. The number of hydrogen-bond acceptors (Lipinski definition) is 9. The number of benzene rings is 1. The number of aromatic nitrogens is 1. The molecule has 3 heterocycles. The van der Waals surface area contributed by atoms with Crippen molar-refractivity contribution in [3.8, 4) is 5.75 Å². The van der Waals surface area contributed by atoms with Gasteiger partial charge >= 0.3 is 11.9 Å². The Bertz CT molecular complexity index is 1170. The average Bonchev–Trinajstić information content (AvgIpc) is 3.56. The molecule has 0 unspecified atom stereocenters. The van der Waals surface area contributed by atoms with Gasteiger partial charge in [-0.3, -0.25) is 9.78 Å². The third-order valence-electron chi connectivity index (χ3n) is 6.41.